The second-order valence-electron chi connectivity index (χ2n) is 27.7. The fraction of sp³-hybridized carbons (Fsp3) is 0.0196. The van der Waals surface area contributed by atoms with Crippen LogP contribution in [0.15, 0.2) is 425 Å². The molecule has 2 aliphatic rings. The fourth-order valence-electron chi connectivity index (χ4n) is 18.3. The van der Waals surface area contributed by atoms with Crippen LogP contribution in [0.2, 0.25) is 0 Å². The Morgan fingerprint density at radius 3 is 0.453 bits per heavy atom. The van der Waals surface area contributed by atoms with Crippen LogP contribution in [-0.4, -0.2) is 0 Å². The van der Waals surface area contributed by atoms with Gasteiger partial charge in [-0.3, -0.25) is 0 Å². The third kappa shape index (κ3) is 9.48. The Morgan fingerprint density at radius 2 is 0.283 bits per heavy atom. The van der Waals surface area contributed by atoms with Crippen molar-refractivity contribution in [3.05, 3.63) is 458 Å². The van der Waals surface area contributed by atoms with Crippen LogP contribution < -0.4 is 19.6 Å². The highest BCUT2D eigenvalue weighted by molar-refractivity contribution is 6.22. The molecule has 0 saturated carbocycles. The van der Waals surface area contributed by atoms with E-state index < -0.39 is 10.8 Å². The smallest absolute Gasteiger partial charge is 0.0643 e. The molecule has 0 N–H and O–H groups in total. The number of para-hydroxylation sites is 8. The summed E-state index contributed by atoms with van der Waals surface area (Å²) in [6.07, 6.45) is 0. The van der Waals surface area contributed by atoms with Gasteiger partial charge in [0.15, 0.2) is 0 Å². The minimum absolute atomic E-state index is 1.05. The maximum absolute atomic E-state index is 2.65. The Bertz CT molecular complexity index is 5410. The highest BCUT2D eigenvalue weighted by Crippen LogP contribution is 2.74. The maximum Gasteiger partial charge on any atom is 0.0643 e. The van der Waals surface area contributed by atoms with Crippen molar-refractivity contribution in [3.8, 4) is 22.3 Å². The molecule has 0 aliphatic heterocycles. The Labute approximate surface area is 618 Å². The second-order valence-corrected chi connectivity index (χ2v) is 27.7. The van der Waals surface area contributed by atoms with E-state index in [1.165, 1.54) is 44.5 Å². The number of nitrogens with zero attached hydrogens (tertiary/aromatic N) is 4. The monoisotopic (exact) mass is 1350 g/mol. The molecule has 0 spiro atoms. The molecule has 4 heteroatoms. The van der Waals surface area contributed by atoms with Gasteiger partial charge in [-0.15, -0.1) is 0 Å². The molecule has 0 amide bonds. The zero-order valence-corrected chi connectivity index (χ0v) is 58.2. The van der Waals surface area contributed by atoms with Gasteiger partial charge < -0.3 is 19.6 Å². The van der Waals surface area contributed by atoms with Gasteiger partial charge in [-0.25, -0.2) is 0 Å². The van der Waals surface area contributed by atoms with Crippen LogP contribution in [0.1, 0.15) is 33.4 Å². The molecular formula is C102H70N4. The Balaban J connectivity index is 1.08. The first-order valence-corrected chi connectivity index (χ1v) is 36.7. The molecule has 0 fully saturated rings. The van der Waals surface area contributed by atoms with Crippen LogP contribution in [0.5, 0.6) is 0 Å². The number of anilines is 12. The van der Waals surface area contributed by atoms with E-state index in [1.54, 1.807) is 0 Å². The molecule has 18 aromatic carbocycles. The van der Waals surface area contributed by atoms with E-state index >= 15 is 0 Å². The topological polar surface area (TPSA) is 13.0 Å². The highest BCUT2D eigenvalue weighted by Gasteiger charge is 2.66. The van der Waals surface area contributed by atoms with Crippen LogP contribution in [-0.2, 0) is 10.8 Å². The van der Waals surface area contributed by atoms with Crippen molar-refractivity contribution >= 4 is 111 Å². The van der Waals surface area contributed by atoms with E-state index in [4.69, 9.17) is 0 Å². The molecule has 0 atom stereocenters. The largest absolute Gasteiger partial charge is 0.310 e. The van der Waals surface area contributed by atoms with Gasteiger partial charge >= 0.3 is 0 Å². The summed E-state index contributed by atoms with van der Waals surface area (Å²) in [4.78, 5) is 10.0. The number of benzene rings is 18. The van der Waals surface area contributed by atoms with Gasteiger partial charge in [-0.05, 0) is 199 Å². The van der Waals surface area contributed by atoms with E-state index in [-0.39, 0.29) is 0 Å². The van der Waals surface area contributed by atoms with Crippen LogP contribution in [0.4, 0.5) is 68.2 Å². The first-order chi connectivity index (χ1) is 52.7. The lowest BCUT2D eigenvalue weighted by molar-refractivity contribution is 0.438. The molecule has 106 heavy (non-hydrogen) atoms. The Hall–Kier alpha value is -13.8. The zero-order chi connectivity index (χ0) is 70.1. The van der Waals surface area contributed by atoms with Gasteiger partial charge in [0.1, 0.15) is 0 Å². The fourth-order valence-corrected chi connectivity index (χ4v) is 18.3. The van der Waals surface area contributed by atoms with E-state index in [0.29, 0.717) is 0 Å². The van der Waals surface area contributed by atoms with Gasteiger partial charge in [0.05, 0.1) is 33.6 Å². The first kappa shape index (κ1) is 62.0. The van der Waals surface area contributed by atoms with Crippen LogP contribution in [0.25, 0.3) is 65.3 Å². The first-order valence-electron chi connectivity index (χ1n) is 36.7. The SMILES string of the molecule is c1ccc(N(c2ccccc2)c2cc3c(c4ccccc24)-c2c(cc(N(c4ccccc4)c4ccccc4)c4ccccc24)C3(c2ccccc2)C2(c3ccccc3)c3cc(N(c4ccccc4)c4ccccc4)c4ccccc4c3-c3c2cc(N(c2ccccc2)c2ccccc2)c2ccccc32)cc1. The summed E-state index contributed by atoms with van der Waals surface area (Å²) in [5, 5.41) is 9.18. The lowest BCUT2D eigenvalue weighted by Gasteiger charge is -2.51. The Morgan fingerprint density at radius 1 is 0.142 bits per heavy atom. The molecule has 498 valence electrons. The molecule has 2 aliphatic carbocycles. The summed E-state index contributed by atoms with van der Waals surface area (Å²) >= 11 is 0. The molecule has 0 bridgehead atoms. The summed E-state index contributed by atoms with van der Waals surface area (Å²) < 4.78 is 0. The lowest BCUT2D eigenvalue weighted by Crippen LogP contribution is -2.50. The normalized spacial score (nSPS) is 12.9. The van der Waals surface area contributed by atoms with Crippen molar-refractivity contribution in [2.45, 2.75) is 10.8 Å². The van der Waals surface area contributed by atoms with Crippen molar-refractivity contribution < 1.29 is 0 Å². The van der Waals surface area contributed by atoms with Crippen molar-refractivity contribution in [2.75, 3.05) is 19.6 Å². The number of hydrogen-bond donors (Lipinski definition) is 0. The predicted octanol–water partition coefficient (Wildman–Crippen LogP) is 27.5. The van der Waals surface area contributed by atoms with Crippen molar-refractivity contribution in [2.24, 2.45) is 0 Å². The van der Waals surface area contributed by atoms with Crippen LogP contribution in [0.3, 0.4) is 0 Å². The van der Waals surface area contributed by atoms with Gasteiger partial charge in [0, 0.05) is 67.0 Å². The van der Waals surface area contributed by atoms with E-state index in [2.05, 4.69) is 444 Å². The summed E-state index contributed by atoms with van der Waals surface area (Å²) in [6, 6.07) is 159. The number of fused-ring (bicyclic) bond motifs is 14. The molecule has 4 nitrogen and oxygen atoms in total. The van der Waals surface area contributed by atoms with Crippen LogP contribution >= 0.6 is 0 Å². The third-order valence-electron chi connectivity index (χ3n) is 22.3. The highest BCUT2D eigenvalue weighted by atomic mass is 15.2. The summed E-state index contributed by atoms with van der Waals surface area (Å²) in [7, 11) is 0. The van der Waals surface area contributed by atoms with Crippen LogP contribution in [0, 0.1) is 0 Å². The molecule has 0 unspecified atom stereocenters. The summed E-state index contributed by atoms with van der Waals surface area (Å²) in [5.41, 5.74) is 22.1. The van der Waals surface area contributed by atoms with Crippen molar-refractivity contribution in [3.63, 3.8) is 0 Å². The molecule has 0 saturated heterocycles. The van der Waals surface area contributed by atoms with Gasteiger partial charge in [0.25, 0.3) is 0 Å². The molecule has 20 rings (SSSR count). The molecule has 0 heterocycles. The van der Waals surface area contributed by atoms with Gasteiger partial charge in [-0.2, -0.15) is 0 Å². The number of rotatable bonds is 15. The minimum atomic E-state index is -1.23. The van der Waals surface area contributed by atoms with Gasteiger partial charge in [0.2, 0.25) is 0 Å². The second kappa shape index (κ2) is 25.6. The predicted molar refractivity (Wildman–Crippen MR) is 445 cm³/mol. The molecule has 0 radical (unpaired) electrons. The minimum Gasteiger partial charge on any atom is -0.310 e. The van der Waals surface area contributed by atoms with Gasteiger partial charge in [-0.1, -0.05) is 303 Å². The van der Waals surface area contributed by atoms with E-state index in [1.807, 2.05) is 0 Å². The number of hydrogen-bond acceptors (Lipinski definition) is 4. The zero-order valence-electron chi connectivity index (χ0n) is 58.2. The molecule has 0 aromatic heterocycles. The van der Waals surface area contributed by atoms with E-state index in [0.717, 1.165) is 122 Å². The average molecular weight is 1350 g/mol. The standard InChI is InChI=1S/C102H70N4/c1-11-39-71(40-12-1)101(89-67-93(103(73-43-15-3-16-44-73)74-45-17-4-18-46-74)81-59-31-35-63-85(81)97(89)98-86-64-36-32-60-82(86)94(68-90(98)101)104(75-47-19-5-20-48-75)76-49-21-6-22-50-76)102(72-41-13-2-14-42-72)91-69-95(105(77-51-23-7-24-52-77)78-53-25-8-26-54-78)83-61-33-37-65-87(83)99(91)100-88-66-38-34-62-84(88)96(70-92(100)102)106(79-55-27-9-28-56-79)80-57-29-10-30-58-80/h1-70H. The molecule has 18 aromatic rings. The van der Waals surface area contributed by atoms with Crippen molar-refractivity contribution in [1.82, 2.24) is 0 Å². The van der Waals surface area contributed by atoms with E-state index in [9.17, 15) is 0 Å². The summed E-state index contributed by atoms with van der Waals surface area (Å²) in [5.74, 6) is 0. The average Bonchev–Trinajstić information content (AvgIpc) is 1.46. The Kier molecular flexibility index (Phi) is 15.0. The quantitative estimate of drug-likeness (QED) is 0.101. The maximum atomic E-state index is 2.65. The van der Waals surface area contributed by atoms with Crippen molar-refractivity contribution in [1.29, 1.82) is 0 Å². The lowest BCUT2D eigenvalue weighted by atomic mass is 9.49. The molecular weight excluding hydrogens is 1280 g/mol. The summed E-state index contributed by atoms with van der Waals surface area (Å²) in [6.45, 7) is 0. The third-order valence-corrected chi connectivity index (χ3v) is 22.3.